The first-order chi connectivity index (χ1) is 8.93. The average Bonchev–Trinajstić information content (AvgIpc) is 2.35. The lowest BCUT2D eigenvalue weighted by Crippen LogP contribution is -2.60. The Morgan fingerprint density at radius 3 is 2.47 bits per heavy atom. The number of hydrogen-bond donors (Lipinski definition) is 2. The van der Waals surface area contributed by atoms with Crippen molar-refractivity contribution in [3.63, 3.8) is 0 Å². The molecule has 0 aromatic heterocycles. The minimum absolute atomic E-state index is 0.281. The van der Waals surface area contributed by atoms with Crippen molar-refractivity contribution in [3.05, 3.63) is 0 Å². The summed E-state index contributed by atoms with van der Waals surface area (Å²) < 4.78 is 5.49. The molecule has 0 aliphatic heterocycles. The van der Waals surface area contributed by atoms with Crippen LogP contribution in [0.1, 0.15) is 53.4 Å². The molecule has 0 amide bonds. The minimum Gasteiger partial charge on any atom is -0.381 e. The molecule has 0 radical (unpaired) electrons. The third-order valence-electron chi connectivity index (χ3n) is 5.08. The highest BCUT2D eigenvalue weighted by atomic mass is 16.5. The second kappa shape index (κ2) is 7.61. The highest BCUT2D eigenvalue weighted by molar-refractivity contribution is 5.02. The van der Waals surface area contributed by atoms with E-state index in [2.05, 4.69) is 33.0 Å². The van der Waals surface area contributed by atoms with Crippen LogP contribution in [0.25, 0.3) is 0 Å². The molecule has 114 valence electrons. The zero-order valence-corrected chi connectivity index (χ0v) is 13.5. The lowest BCUT2D eigenvalue weighted by molar-refractivity contribution is -0.0973. The number of rotatable bonds is 9. The average molecular weight is 270 g/mol. The molecule has 3 N–H and O–H groups in total. The molecule has 0 bridgehead atoms. The minimum atomic E-state index is 0.281. The van der Waals surface area contributed by atoms with Crippen LogP contribution in [-0.4, -0.2) is 32.3 Å². The Kier molecular flexibility index (Phi) is 6.78. The molecule has 3 unspecified atom stereocenters. The number of nitrogens with two attached hydrogens (primary N) is 1. The van der Waals surface area contributed by atoms with Crippen molar-refractivity contribution in [2.75, 3.05) is 20.2 Å². The summed E-state index contributed by atoms with van der Waals surface area (Å²) in [5.41, 5.74) is 5.97. The van der Waals surface area contributed by atoms with Crippen LogP contribution in [0.15, 0.2) is 0 Å². The van der Waals surface area contributed by atoms with Gasteiger partial charge in [-0.2, -0.15) is 0 Å². The fourth-order valence-electron chi connectivity index (χ4n) is 3.30. The summed E-state index contributed by atoms with van der Waals surface area (Å²) in [6, 6.07) is 0.615. The molecule has 1 fully saturated rings. The largest absolute Gasteiger partial charge is 0.381 e. The maximum Gasteiger partial charge on any atom is 0.0652 e. The Hall–Kier alpha value is -0.120. The van der Waals surface area contributed by atoms with Crippen LogP contribution in [0, 0.1) is 17.3 Å². The SMILES string of the molecule is COC1CC(NCCCC(CCN)C(C)C)C1(C)C. The first-order valence-corrected chi connectivity index (χ1v) is 7.89. The van der Waals surface area contributed by atoms with E-state index in [0.29, 0.717) is 12.1 Å². The molecule has 1 aliphatic carbocycles. The van der Waals surface area contributed by atoms with Crippen LogP contribution in [0.2, 0.25) is 0 Å². The van der Waals surface area contributed by atoms with E-state index in [1.165, 1.54) is 19.3 Å². The fourth-order valence-corrected chi connectivity index (χ4v) is 3.30. The van der Waals surface area contributed by atoms with Crippen LogP contribution in [-0.2, 0) is 4.74 Å². The zero-order chi connectivity index (χ0) is 14.5. The number of hydrogen-bond acceptors (Lipinski definition) is 3. The van der Waals surface area contributed by atoms with E-state index < -0.39 is 0 Å². The molecule has 0 heterocycles. The molecule has 19 heavy (non-hydrogen) atoms. The Morgan fingerprint density at radius 1 is 1.32 bits per heavy atom. The van der Waals surface area contributed by atoms with Gasteiger partial charge in [-0.3, -0.25) is 0 Å². The predicted molar refractivity (Wildman–Crippen MR) is 82.2 cm³/mol. The van der Waals surface area contributed by atoms with Gasteiger partial charge in [0.25, 0.3) is 0 Å². The first kappa shape index (κ1) is 16.9. The molecular formula is C16H34N2O. The highest BCUT2D eigenvalue weighted by Crippen LogP contribution is 2.42. The van der Waals surface area contributed by atoms with Crippen LogP contribution in [0.3, 0.4) is 0 Å². The summed E-state index contributed by atoms with van der Waals surface area (Å²) in [7, 11) is 1.82. The lowest BCUT2D eigenvalue weighted by Gasteiger charge is -2.51. The number of ether oxygens (including phenoxy) is 1. The zero-order valence-electron chi connectivity index (χ0n) is 13.5. The van der Waals surface area contributed by atoms with Crippen molar-refractivity contribution in [1.82, 2.24) is 5.32 Å². The third kappa shape index (κ3) is 4.44. The summed E-state index contributed by atoms with van der Waals surface area (Å²) in [4.78, 5) is 0. The summed E-state index contributed by atoms with van der Waals surface area (Å²) in [6.07, 6.45) is 5.29. The Labute approximate surface area is 119 Å². The molecule has 1 rings (SSSR count). The maximum atomic E-state index is 5.69. The molecule has 0 spiro atoms. The Bertz CT molecular complexity index is 253. The highest BCUT2D eigenvalue weighted by Gasteiger charge is 2.47. The van der Waals surface area contributed by atoms with E-state index in [0.717, 1.165) is 31.3 Å². The van der Waals surface area contributed by atoms with Gasteiger partial charge >= 0.3 is 0 Å². The van der Waals surface area contributed by atoms with Crippen molar-refractivity contribution in [3.8, 4) is 0 Å². The predicted octanol–water partition coefficient (Wildman–Crippen LogP) is 2.79. The molecular weight excluding hydrogens is 236 g/mol. The summed E-state index contributed by atoms with van der Waals surface area (Å²) >= 11 is 0. The van der Waals surface area contributed by atoms with Gasteiger partial charge in [-0.05, 0) is 50.6 Å². The summed E-state index contributed by atoms with van der Waals surface area (Å²) in [6.45, 7) is 11.2. The van der Waals surface area contributed by atoms with E-state index in [9.17, 15) is 0 Å². The van der Waals surface area contributed by atoms with Crippen molar-refractivity contribution >= 4 is 0 Å². The second-order valence-corrected chi connectivity index (χ2v) is 7.01. The summed E-state index contributed by atoms with van der Waals surface area (Å²) in [5, 5.41) is 3.70. The van der Waals surface area contributed by atoms with Crippen molar-refractivity contribution in [2.45, 2.75) is 65.5 Å². The third-order valence-corrected chi connectivity index (χ3v) is 5.08. The summed E-state index contributed by atoms with van der Waals surface area (Å²) in [5.74, 6) is 1.54. The normalized spacial score (nSPS) is 27.3. The first-order valence-electron chi connectivity index (χ1n) is 7.89. The van der Waals surface area contributed by atoms with Crippen molar-refractivity contribution in [1.29, 1.82) is 0 Å². The van der Waals surface area contributed by atoms with Crippen molar-refractivity contribution < 1.29 is 4.74 Å². The monoisotopic (exact) mass is 270 g/mol. The fraction of sp³-hybridized carbons (Fsp3) is 1.00. The van der Waals surface area contributed by atoms with Gasteiger partial charge in [-0.15, -0.1) is 0 Å². The van der Waals surface area contributed by atoms with Crippen molar-refractivity contribution in [2.24, 2.45) is 23.0 Å². The van der Waals surface area contributed by atoms with Gasteiger partial charge in [-0.1, -0.05) is 27.7 Å². The standard InChI is InChI=1S/C16H34N2O/c1-12(2)13(8-9-17)7-6-10-18-14-11-15(19-5)16(14,3)4/h12-15,18H,6-11,17H2,1-5H3. The molecule has 0 aromatic rings. The van der Waals surface area contributed by atoms with E-state index in [1.807, 2.05) is 7.11 Å². The van der Waals surface area contributed by atoms with E-state index in [-0.39, 0.29) is 5.41 Å². The quantitative estimate of drug-likeness (QED) is 0.633. The van der Waals surface area contributed by atoms with Gasteiger partial charge in [0.05, 0.1) is 6.10 Å². The van der Waals surface area contributed by atoms with E-state index in [4.69, 9.17) is 10.5 Å². The molecule has 3 atom stereocenters. The van der Waals surface area contributed by atoms with E-state index >= 15 is 0 Å². The number of methoxy groups -OCH3 is 1. The molecule has 0 saturated heterocycles. The van der Waals surface area contributed by atoms with E-state index in [1.54, 1.807) is 0 Å². The van der Waals surface area contributed by atoms with Gasteiger partial charge in [-0.25, -0.2) is 0 Å². The molecule has 1 aliphatic rings. The smallest absolute Gasteiger partial charge is 0.0652 e. The second-order valence-electron chi connectivity index (χ2n) is 7.01. The van der Waals surface area contributed by atoms with Gasteiger partial charge in [0.1, 0.15) is 0 Å². The van der Waals surface area contributed by atoms with Gasteiger partial charge in [0, 0.05) is 18.6 Å². The lowest BCUT2D eigenvalue weighted by atomic mass is 9.64. The topological polar surface area (TPSA) is 47.3 Å². The van der Waals surface area contributed by atoms with Gasteiger partial charge in [0.15, 0.2) is 0 Å². The molecule has 3 heteroatoms. The van der Waals surface area contributed by atoms with Crippen LogP contribution in [0.5, 0.6) is 0 Å². The Morgan fingerprint density at radius 2 is 2.00 bits per heavy atom. The maximum absolute atomic E-state index is 5.69. The molecule has 3 nitrogen and oxygen atoms in total. The van der Waals surface area contributed by atoms with Crippen LogP contribution < -0.4 is 11.1 Å². The number of nitrogens with one attached hydrogen (secondary N) is 1. The Balaban J connectivity index is 2.18. The molecule has 1 saturated carbocycles. The van der Waals surface area contributed by atoms with Crippen LogP contribution in [0.4, 0.5) is 0 Å². The van der Waals surface area contributed by atoms with Gasteiger partial charge in [0.2, 0.25) is 0 Å². The molecule has 0 aromatic carbocycles. The van der Waals surface area contributed by atoms with Crippen LogP contribution >= 0.6 is 0 Å². The van der Waals surface area contributed by atoms with Gasteiger partial charge < -0.3 is 15.8 Å².